The van der Waals surface area contributed by atoms with Crippen molar-refractivity contribution in [2.75, 3.05) is 74.4 Å². The normalized spacial score (nSPS) is 20.6. The van der Waals surface area contributed by atoms with Gasteiger partial charge in [-0.1, -0.05) is 35.3 Å². The monoisotopic (exact) mass is 866 g/mol. The lowest BCUT2D eigenvalue weighted by Crippen LogP contribution is -2.51. The molecule has 0 spiro atoms. The fraction of sp³-hybridized carbons (Fsp3) is 0.511. The van der Waals surface area contributed by atoms with E-state index in [1.54, 1.807) is 19.5 Å². The number of hydrogen-bond donors (Lipinski definition) is 6. The summed E-state index contributed by atoms with van der Waals surface area (Å²) in [5.74, 6) is 3.09. The molecule has 0 amide bonds. The summed E-state index contributed by atoms with van der Waals surface area (Å²) in [5, 5.41) is 40.5. The van der Waals surface area contributed by atoms with Crippen LogP contribution in [0.15, 0.2) is 60.9 Å². The van der Waals surface area contributed by atoms with Crippen LogP contribution < -0.4 is 31.9 Å². The summed E-state index contributed by atoms with van der Waals surface area (Å²) in [6, 6.07) is 22.1. The van der Waals surface area contributed by atoms with Crippen molar-refractivity contribution in [3.05, 3.63) is 71.0 Å². The van der Waals surface area contributed by atoms with E-state index in [4.69, 9.17) is 42.6 Å². The van der Waals surface area contributed by atoms with Gasteiger partial charge in [-0.3, -0.25) is 0 Å². The van der Waals surface area contributed by atoms with E-state index in [0.717, 1.165) is 117 Å². The maximum atomic E-state index is 9.61. The summed E-state index contributed by atoms with van der Waals surface area (Å²) in [6.45, 7) is 7.20. The number of aromatic nitrogens is 4. The number of nitriles is 2. The predicted octanol–water partition coefficient (Wildman–Crippen LogP) is 7.77. The Morgan fingerprint density at radius 3 is 1.74 bits per heavy atom. The zero-order chi connectivity index (χ0) is 42.7. The molecule has 4 aliphatic rings. The third-order valence-electron chi connectivity index (χ3n) is 11.9. The maximum absolute atomic E-state index is 9.61. The number of nitrogens with zero attached hydrogens (tertiary/aromatic N) is 6. The first-order valence-corrected chi connectivity index (χ1v) is 22.1. The molecule has 4 aromatic heterocycles. The summed E-state index contributed by atoms with van der Waals surface area (Å²) >= 11 is 12.9. The Balaban J connectivity index is 0.000000186. The van der Waals surface area contributed by atoms with Crippen molar-refractivity contribution < 1.29 is 9.47 Å². The summed E-state index contributed by atoms with van der Waals surface area (Å²) in [4.78, 5) is 18.3. The van der Waals surface area contributed by atoms with Gasteiger partial charge in [-0.15, -0.1) is 0 Å². The SMILES string of the molecule is COC[C@@H](C)NC1CCC(Nc2cc(-c3cccc(NCC4(C#N)CC4)n3)c(Cl)cn2)CC1.N#CC1(CNc2cccc(-c3cc(NC4CNC4)ncc3Cl)n2)CCOCC1. The van der Waals surface area contributed by atoms with Gasteiger partial charge in [-0.25, -0.2) is 19.9 Å². The fourth-order valence-corrected chi connectivity index (χ4v) is 8.20. The van der Waals surface area contributed by atoms with Crippen LogP contribution in [-0.4, -0.2) is 97.2 Å². The van der Waals surface area contributed by atoms with E-state index >= 15 is 0 Å². The van der Waals surface area contributed by atoms with Gasteiger partial charge in [0, 0.05) is 88.1 Å². The molecule has 1 atom stereocenters. The quantitative estimate of drug-likeness (QED) is 0.0641. The van der Waals surface area contributed by atoms with E-state index in [1.165, 1.54) is 0 Å². The second kappa shape index (κ2) is 20.8. The van der Waals surface area contributed by atoms with Crippen molar-refractivity contribution in [3.63, 3.8) is 0 Å². The minimum absolute atomic E-state index is 0.223. The van der Waals surface area contributed by atoms with Gasteiger partial charge in [0.15, 0.2) is 0 Å². The molecule has 0 bridgehead atoms. The van der Waals surface area contributed by atoms with Gasteiger partial charge in [0.05, 0.1) is 57.1 Å². The number of hydrogen-bond acceptors (Lipinski definition) is 14. The molecule has 14 nitrogen and oxygen atoms in total. The lowest BCUT2D eigenvalue weighted by molar-refractivity contribution is 0.0455. The summed E-state index contributed by atoms with van der Waals surface area (Å²) in [5.41, 5.74) is 2.61. The van der Waals surface area contributed by atoms with Crippen LogP contribution in [-0.2, 0) is 9.47 Å². The number of pyridine rings is 4. The highest BCUT2D eigenvalue weighted by Gasteiger charge is 2.43. The Morgan fingerprint density at radius 2 is 1.26 bits per heavy atom. The molecule has 16 heteroatoms. The first-order chi connectivity index (χ1) is 29.7. The van der Waals surface area contributed by atoms with Crippen LogP contribution in [0.2, 0.25) is 10.0 Å². The molecule has 2 saturated carbocycles. The topological polar surface area (TPSA) is 190 Å². The number of methoxy groups -OCH3 is 1. The first-order valence-electron chi connectivity index (χ1n) is 21.3. The van der Waals surface area contributed by atoms with Crippen LogP contribution >= 0.6 is 23.2 Å². The first kappa shape index (κ1) is 44.3. The second-order valence-corrected chi connectivity index (χ2v) is 17.5. The van der Waals surface area contributed by atoms with Crippen LogP contribution in [0.4, 0.5) is 23.3 Å². The summed E-state index contributed by atoms with van der Waals surface area (Å²) in [7, 11) is 1.74. The van der Waals surface area contributed by atoms with E-state index in [2.05, 4.69) is 60.9 Å². The third kappa shape index (κ3) is 12.2. The Hall–Kier alpha value is -4.80. The molecule has 6 N–H and O–H groups in total. The van der Waals surface area contributed by atoms with Crippen LogP contribution in [0.25, 0.3) is 22.5 Å². The van der Waals surface area contributed by atoms with E-state index in [9.17, 15) is 10.5 Å². The predicted molar refractivity (Wildman–Crippen MR) is 242 cm³/mol. The average molecular weight is 868 g/mol. The Bertz CT molecular complexity index is 2160. The van der Waals surface area contributed by atoms with Gasteiger partial charge in [-0.2, -0.15) is 10.5 Å². The van der Waals surface area contributed by atoms with Gasteiger partial charge in [0.1, 0.15) is 23.3 Å². The maximum Gasteiger partial charge on any atom is 0.126 e. The van der Waals surface area contributed by atoms with Gasteiger partial charge < -0.3 is 41.4 Å². The molecule has 0 unspecified atom stereocenters. The summed E-state index contributed by atoms with van der Waals surface area (Å²) < 4.78 is 10.6. The largest absolute Gasteiger partial charge is 0.383 e. The molecule has 4 aromatic rings. The highest BCUT2D eigenvalue weighted by atomic mass is 35.5. The van der Waals surface area contributed by atoms with E-state index in [0.29, 0.717) is 60.5 Å². The van der Waals surface area contributed by atoms with E-state index < -0.39 is 5.41 Å². The Labute approximate surface area is 369 Å². The highest BCUT2D eigenvalue weighted by Crippen LogP contribution is 2.44. The molecular weight excluding hydrogens is 811 g/mol. The number of nitrogens with one attached hydrogen (secondary N) is 6. The molecular formula is C45H56Cl2N12O2. The second-order valence-electron chi connectivity index (χ2n) is 16.7. The minimum Gasteiger partial charge on any atom is -0.383 e. The van der Waals surface area contributed by atoms with Gasteiger partial charge in [0.2, 0.25) is 0 Å². The molecule has 2 saturated heterocycles. The molecule has 2 aliphatic heterocycles. The minimum atomic E-state index is -0.405. The average Bonchev–Trinajstić information content (AvgIpc) is 4.07. The third-order valence-corrected chi connectivity index (χ3v) is 12.5. The smallest absolute Gasteiger partial charge is 0.126 e. The Morgan fingerprint density at radius 1 is 0.754 bits per heavy atom. The molecule has 4 fully saturated rings. The summed E-state index contributed by atoms with van der Waals surface area (Å²) in [6.07, 6.45) is 11.2. The molecule has 0 radical (unpaired) electrons. The number of halogens is 2. The van der Waals surface area contributed by atoms with Crippen LogP contribution in [0.1, 0.15) is 58.3 Å². The van der Waals surface area contributed by atoms with Crippen molar-refractivity contribution in [2.24, 2.45) is 10.8 Å². The molecule has 322 valence electrons. The zero-order valence-corrected chi connectivity index (χ0v) is 36.5. The molecule has 8 rings (SSSR count). The van der Waals surface area contributed by atoms with E-state index in [1.807, 2.05) is 48.5 Å². The van der Waals surface area contributed by atoms with E-state index in [-0.39, 0.29) is 5.41 Å². The molecule has 2 aliphatic carbocycles. The highest BCUT2D eigenvalue weighted by molar-refractivity contribution is 6.33. The number of ether oxygens (including phenoxy) is 2. The Kier molecular flexibility index (Phi) is 15.1. The molecule has 0 aromatic carbocycles. The number of rotatable bonds is 16. The number of anilines is 4. The fourth-order valence-electron chi connectivity index (χ4n) is 7.80. The van der Waals surface area contributed by atoms with Crippen LogP contribution in [0.3, 0.4) is 0 Å². The van der Waals surface area contributed by atoms with Crippen molar-refractivity contribution in [1.82, 2.24) is 30.6 Å². The molecule has 6 heterocycles. The van der Waals surface area contributed by atoms with Crippen molar-refractivity contribution in [1.29, 1.82) is 10.5 Å². The standard InChI is InChI=1S/C25H33ClN6O.C20H23ClN6O/c1-17(14-33-2)30-18-6-8-19(9-7-18)31-24-12-20(21(26)13-28-24)22-4-3-5-23(32-22)29-16-25(15-27)10-11-25;21-16-11-24-19(26-14-9-23-10-14)8-15(16)17-2-1-3-18(27-17)25-13-20(12-22)4-6-28-7-5-20/h3-5,12-13,17-19,30H,6-11,14,16H2,1-2H3,(H,28,31)(H,29,32);1-3,8,11,14,23H,4-7,9-10,13H2,(H,24,26)(H,25,27)/t17-,18?,19?;/m1./s1. The van der Waals surface area contributed by atoms with Crippen molar-refractivity contribution in [3.8, 4) is 34.7 Å². The lowest BCUT2D eigenvalue weighted by atomic mass is 9.82. The van der Waals surface area contributed by atoms with Crippen LogP contribution in [0, 0.1) is 33.5 Å². The van der Waals surface area contributed by atoms with Crippen LogP contribution in [0.5, 0.6) is 0 Å². The lowest BCUT2D eigenvalue weighted by Gasteiger charge is -2.31. The van der Waals surface area contributed by atoms with Crippen molar-refractivity contribution >= 4 is 46.5 Å². The zero-order valence-electron chi connectivity index (χ0n) is 34.9. The molecule has 61 heavy (non-hydrogen) atoms. The van der Waals surface area contributed by atoms with Gasteiger partial charge >= 0.3 is 0 Å². The van der Waals surface area contributed by atoms with Gasteiger partial charge in [-0.05, 0) is 94.7 Å². The van der Waals surface area contributed by atoms with Crippen molar-refractivity contribution in [2.45, 2.75) is 82.5 Å². The van der Waals surface area contributed by atoms with Gasteiger partial charge in [0.25, 0.3) is 0 Å².